The van der Waals surface area contributed by atoms with Crippen LogP contribution in [0.15, 0.2) is 47.3 Å². The first-order valence-electron chi connectivity index (χ1n) is 7.10. The molecule has 0 spiro atoms. The van der Waals surface area contributed by atoms with Gasteiger partial charge in [0.15, 0.2) is 11.5 Å². The van der Waals surface area contributed by atoms with E-state index in [1.807, 2.05) is 36.4 Å². The first-order chi connectivity index (χ1) is 11.1. The standard InChI is InChI=1S/C17H17N3O3/c1-22-14-8-7-11(9-15(14)23-2)10-20-13-6-4-3-5-12(13)16(21)19-17(20)18/h3-9H,10H2,1-2H3,(H2,18,19,21). The Morgan fingerprint density at radius 3 is 2.57 bits per heavy atom. The number of fused-ring (bicyclic) bond motifs is 1. The third-order valence-corrected chi connectivity index (χ3v) is 3.71. The van der Waals surface area contributed by atoms with E-state index in [0.717, 1.165) is 11.1 Å². The number of hydrogen-bond acceptors (Lipinski definition) is 5. The number of anilines is 1. The minimum atomic E-state index is -0.318. The molecule has 0 aliphatic carbocycles. The van der Waals surface area contributed by atoms with E-state index in [1.165, 1.54) is 0 Å². The van der Waals surface area contributed by atoms with Gasteiger partial charge in [-0.15, -0.1) is 0 Å². The van der Waals surface area contributed by atoms with E-state index in [9.17, 15) is 4.79 Å². The number of rotatable bonds is 4. The van der Waals surface area contributed by atoms with Crippen LogP contribution in [0.4, 0.5) is 5.95 Å². The van der Waals surface area contributed by atoms with Gasteiger partial charge in [0, 0.05) is 0 Å². The number of nitrogens with zero attached hydrogens (tertiary/aromatic N) is 2. The number of para-hydroxylation sites is 1. The van der Waals surface area contributed by atoms with Crippen molar-refractivity contribution in [1.82, 2.24) is 9.55 Å². The summed E-state index contributed by atoms with van der Waals surface area (Å²) in [5.41, 5.74) is 7.35. The van der Waals surface area contributed by atoms with Crippen LogP contribution < -0.4 is 20.8 Å². The van der Waals surface area contributed by atoms with E-state index in [2.05, 4.69) is 4.98 Å². The highest BCUT2D eigenvalue weighted by atomic mass is 16.5. The van der Waals surface area contributed by atoms with E-state index in [-0.39, 0.29) is 11.5 Å². The highest BCUT2D eigenvalue weighted by molar-refractivity contribution is 5.79. The maximum atomic E-state index is 11.9. The number of nitrogens with two attached hydrogens (primary N) is 1. The lowest BCUT2D eigenvalue weighted by atomic mass is 10.2. The zero-order chi connectivity index (χ0) is 16.4. The van der Waals surface area contributed by atoms with Crippen molar-refractivity contribution in [1.29, 1.82) is 0 Å². The summed E-state index contributed by atoms with van der Waals surface area (Å²) in [6.45, 7) is 0.472. The number of methoxy groups -OCH3 is 2. The van der Waals surface area contributed by atoms with Crippen molar-refractivity contribution in [2.45, 2.75) is 6.54 Å². The minimum Gasteiger partial charge on any atom is -0.493 e. The third-order valence-electron chi connectivity index (χ3n) is 3.71. The zero-order valence-corrected chi connectivity index (χ0v) is 12.9. The van der Waals surface area contributed by atoms with Gasteiger partial charge < -0.3 is 19.8 Å². The van der Waals surface area contributed by atoms with Crippen LogP contribution >= 0.6 is 0 Å². The van der Waals surface area contributed by atoms with Crippen molar-refractivity contribution in [3.63, 3.8) is 0 Å². The lowest BCUT2D eigenvalue weighted by Gasteiger charge is -2.14. The van der Waals surface area contributed by atoms with E-state index < -0.39 is 0 Å². The fourth-order valence-electron chi connectivity index (χ4n) is 2.57. The average Bonchev–Trinajstić information content (AvgIpc) is 2.58. The van der Waals surface area contributed by atoms with Gasteiger partial charge in [-0.25, -0.2) is 0 Å². The summed E-state index contributed by atoms with van der Waals surface area (Å²) in [6, 6.07) is 12.9. The van der Waals surface area contributed by atoms with Gasteiger partial charge in [0.1, 0.15) is 0 Å². The molecule has 23 heavy (non-hydrogen) atoms. The summed E-state index contributed by atoms with van der Waals surface area (Å²) < 4.78 is 12.4. The normalized spacial score (nSPS) is 10.7. The summed E-state index contributed by atoms with van der Waals surface area (Å²) in [7, 11) is 3.18. The molecule has 0 aliphatic heterocycles. The molecule has 0 saturated carbocycles. The van der Waals surface area contributed by atoms with Gasteiger partial charge in [0.2, 0.25) is 5.95 Å². The summed E-state index contributed by atoms with van der Waals surface area (Å²) in [4.78, 5) is 15.9. The fourth-order valence-corrected chi connectivity index (χ4v) is 2.57. The molecule has 0 amide bonds. The molecule has 2 N–H and O–H groups in total. The lowest BCUT2D eigenvalue weighted by molar-refractivity contribution is 0.354. The average molecular weight is 311 g/mol. The molecule has 0 aliphatic rings. The van der Waals surface area contributed by atoms with Gasteiger partial charge in [0.25, 0.3) is 5.56 Å². The molecule has 1 heterocycles. The van der Waals surface area contributed by atoms with Crippen LogP contribution in [-0.4, -0.2) is 23.8 Å². The summed E-state index contributed by atoms with van der Waals surface area (Å²) >= 11 is 0. The summed E-state index contributed by atoms with van der Waals surface area (Å²) in [5.74, 6) is 1.48. The Morgan fingerprint density at radius 1 is 1.09 bits per heavy atom. The first kappa shape index (κ1) is 14.9. The smallest absolute Gasteiger partial charge is 0.282 e. The largest absolute Gasteiger partial charge is 0.493 e. The highest BCUT2D eigenvalue weighted by Gasteiger charge is 2.10. The predicted molar refractivity (Wildman–Crippen MR) is 89.1 cm³/mol. The maximum absolute atomic E-state index is 11.9. The number of nitrogen functional groups attached to an aromatic ring is 1. The summed E-state index contributed by atoms with van der Waals surface area (Å²) in [5, 5.41) is 0.544. The van der Waals surface area contributed by atoms with Crippen LogP contribution in [0.3, 0.4) is 0 Å². The van der Waals surface area contributed by atoms with Crippen molar-refractivity contribution >= 4 is 16.9 Å². The Hall–Kier alpha value is -3.02. The van der Waals surface area contributed by atoms with Crippen LogP contribution in [0, 0.1) is 0 Å². The summed E-state index contributed by atoms with van der Waals surface area (Å²) in [6.07, 6.45) is 0. The number of benzene rings is 2. The number of hydrogen-bond donors (Lipinski definition) is 1. The molecule has 0 saturated heterocycles. The second kappa shape index (κ2) is 6.00. The second-order valence-corrected chi connectivity index (χ2v) is 5.07. The Bertz CT molecular complexity index is 919. The minimum absolute atomic E-state index is 0.184. The molecule has 3 aromatic rings. The van der Waals surface area contributed by atoms with Crippen molar-refractivity contribution in [3.05, 3.63) is 58.4 Å². The van der Waals surface area contributed by atoms with E-state index >= 15 is 0 Å². The topological polar surface area (TPSA) is 79.4 Å². The highest BCUT2D eigenvalue weighted by Crippen LogP contribution is 2.28. The van der Waals surface area contributed by atoms with Crippen molar-refractivity contribution in [2.24, 2.45) is 0 Å². The Morgan fingerprint density at radius 2 is 1.83 bits per heavy atom. The molecule has 2 aromatic carbocycles. The lowest BCUT2D eigenvalue weighted by Crippen LogP contribution is -2.18. The van der Waals surface area contributed by atoms with Crippen molar-refractivity contribution in [2.75, 3.05) is 20.0 Å². The van der Waals surface area contributed by atoms with Gasteiger partial charge in [0.05, 0.1) is 31.7 Å². The molecule has 0 radical (unpaired) electrons. The number of aromatic nitrogens is 2. The third kappa shape index (κ3) is 2.70. The molecule has 6 heteroatoms. The maximum Gasteiger partial charge on any atom is 0.282 e. The molecule has 0 bridgehead atoms. The Labute approximate surface area is 133 Å². The second-order valence-electron chi connectivity index (χ2n) is 5.07. The van der Waals surface area contributed by atoms with Gasteiger partial charge in [-0.1, -0.05) is 18.2 Å². The molecule has 118 valence electrons. The SMILES string of the molecule is COc1ccc(Cn2c(N)nc(=O)c3ccccc32)cc1OC. The van der Waals surface area contributed by atoms with Crippen LogP contribution in [0.1, 0.15) is 5.56 Å². The van der Waals surface area contributed by atoms with Crippen molar-refractivity contribution < 1.29 is 9.47 Å². The van der Waals surface area contributed by atoms with E-state index in [1.54, 1.807) is 24.9 Å². The van der Waals surface area contributed by atoms with Gasteiger partial charge in [-0.05, 0) is 29.8 Å². The van der Waals surface area contributed by atoms with Crippen LogP contribution in [0.25, 0.3) is 10.9 Å². The van der Waals surface area contributed by atoms with E-state index in [0.29, 0.717) is 23.4 Å². The Kier molecular flexibility index (Phi) is 3.89. The molecule has 6 nitrogen and oxygen atoms in total. The van der Waals surface area contributed by atoms with Gasteiger partial charge in [-0.2, -0.15) is 4.98 Å². The Balaban J connectivity index is 2.10. The van der Waals surface area contributed by atoms with Crippen LogP contribution in [0.2, 0.25) is 0 Å². The zero-order valence-electron chi connectivity index (χ0n) is 12.9. The monoisotopic (exact) mass is 311 g/mol. The molecule has 1 aromatic heterocycles. The first-order valence-corrected chi connectivity index (χ1v) is 7.10. The molecule has 0 atom stereocenters. The van der Waals surface area contributed by atoms with Gasteiger partial charge >= 0.3 is 0 Å². The fraction of sp³-hybridized carbons (Fsp3) is 0.176. The molecule has 0 unspecified atom stereocenters. The van der Waals surface area contributed by atoms with Gasteiger partial charge in [-0.3, -0.25) is 4.79 Å². The van der Waals surface area contributed by atoms with Crippen LogP contribution in [0.5, 0.6) is 11.5 Å². The molecule has 0 fully saturated rings. The van der Waals surface area contributed by atoms with Crippen molar-refractivity contribution in [3.8, 4) is 11.5 Å². The molecular weight excluding hydrogens is 294 g/mol. The van der Waals surface area contributed by atoms with E-state index in [4.69, 9.17) is 15.2 Å². The predicted octanol–water partition coefficient (Wildman–Crippen LogP) is 2.04. The number of ether oxygens (including phenoxy) is 2. The quantitative estimate of drug-likeness (QED) is 0.797. The molecule has 3 rings (SSSR count). The van der Waals surface area contributed by atoms with Crippen LogP contribution in [-0.2, 0) is 6.54 Å². The molecular formula is C17H17N3O3.